The van der Waals surface area contributed by atoms with Gasteiger partial charge in [-0.3, -0.25) is 4.99 Å². The van der Waals surface area contributed by atoms with Gasteiger partial charge in [-0.2, -0.15) is 0 Å². The summed E-state index contributed by atoms with van der Waals surface area (Å²) in [5.41, 5.74) is 3.23. The Balaban J connectivity index is 1.87. The van der Waals surface area contributed by atoms with Crippen LogP contribution < -0.4 is 0 Å². The van der Waals surface area contributed by atoms with E-state index in [2.05, 4.69) is 0 Å². The van der Waals surface area contributed by atoms with Crippen LogP contribution in [0.2, 0.25) is 5.02 Å². The van der Waals surface area contributed by atoms with Crippen molar-refractivity contribution in [1.29, 1.82) is 0 Å². The molecule has 0 aromatic heterocycles. The summed E-state index contributed by atoms with van der Waals surface area (Å²) < 4.78 is 12.9. The second-order valence-corrected chi connectivity index (χ2v) is 5.13. The molecule has 1 heterocycles. The molecule has 0 N–H and O–H groups in total. The van der Waals surface area contributed by atoms with Gasteiger partial charge < -0.3 is 0 Å². The van der Waals surface area contributed by atoms with Crippen LogP contribution in [0.25, 0.3) is 0 Å². The molecule has 3 heteroatoms. The maximum absolute atomic E-state index is 12.9. The molecular weight excluding hydrogens is 261 g/mol. The number of hydrogen-bond acceptors (Lipinski definition) is 1. The van der Waals surface area contributed by atoms with Crippen molar-refractivity contribution in [2.45, 2.75) is 18.9 Å². The van der Waals surface area contributed by atoms with Crippen molar-refractivity contribution in [3.63, 3.8) is 0 Å². The van der Waals surface area contributed by atoms with Gasteiger partial charge in [-0.05, 0) is 48.2 Å². The van der Waals surface area contributed by atoms with E-state index >= 15 is 0 Å². The number of benzene rings is 2. The van der Waals surface area contributed by atoms with Crippen molar-refractivity contribution < 1.29 is 4.39 Å². The zero-order valence-corrected chi connectivity index (χ0v) is 11.1. The van der Waals surface area contributed by atoms with E-state index in [1.165, 1.54) is 12.1 Å². The van der Waals surface area contributed by atoms with E-state index in [0.717, 1.165) is 34.7 Å². The third-order valence-electron chi connectivity index (χ3n) is 3.38. The highest BCUT2D eigenvalue weighted by molar-refractivity contribution is 6.31. The van der Waals surface area contributed by atoms with Gasteiger partial charge in [0.1, 0.15) is 5.82 Å². The normalized spacial score (nSPS) is 18.4. The van der Waals surface area contributed by atoms with Crippen molar-refractivity contribution in [2.24, 2.45) is 4.99 Å². The highest BCUT2D eigenvalue weighted by atomic mass is 35.5. The number of rotatable bonds is 2. The van der Waals surface area contributed by atoms with Gasteiger partial charge in [-0.15, -0.1) is 0 Å². The lowest BCUT2D eigenvalue weighted by molar-refractivity contribution is 0.624. The standard InChI is InChI=1S/C16H13ClFN/c17-13-3-1-2-12(10-13)16-9-8-15(19-16)11-4-6-14(18)7-5-11/h1-7,10,15H,8-9H2. The van der Waals surface area contributed by atoms with E-state index in [1.807, 2.05) is 36.4 Å². The Kier molecular flexibility index (Phi) is 3.34. The molecule has 0 bridgehead atoms. The SMILES string of the molecule is Fc1ccc(C2CCC(c3cccc(Cl)c3)=N2)cc1. The molecule has 1 unspecified atom stereocenters. The van der Waals surface area contributed by atoms with E-state index in [9.17, 15) is 4.39 Å². The zero-order valence-electron chi connectivity index (χ0n) is 10.3. The quantitative estimate of drug-likeness (QED) is 0.745. The predicted molar refractivity (Wildman–Crippen MR) is 76.4 cm³/mol. The molecule has 0 radical (unpaired) electrons. The largest absolute Gasteiger partial charge is 0.281 e. The van der Waals surface area contributed by atoms with E-state index < -0.39 is 0 Å². The summed E-state index contributed by atoms with van der Waals surface area (Å²) in [6.45, 7) is 0. The molecule has 96 valence electrons. The fourth-order valence-corrected chi connectivity index (χ4v) is 2.59. The predicted octanol–water partition coefficient (Wildman–Crippen LogP) is 4.80. The van der Waals surface area contributed by atoms with Crippen LogP contribution in [0, 0.1) is 5.82 Å². The third-order valence-corrected chi connectivity index (χ3v) is 3.61. The molecule has 1 nitrogen and oxygen atoms in total. The maximum atomic E-state index is 12.9. The minimum absolute atomic E-state index is 0.134. The first kappa shape index (κ1) is 12.4. The Morgan fingerprint density at radius 3 is 2.63 bits per heavy atom. The van der Waals surface area contributed by atoms with Crippen LogP contribution in [0.4, 0.5) is 4.39 Å². The first-order valence-corrected chi connectivity index (χ1v) is 6.68. The topological polar surface area (TPSA) is 12.4 Å². The number of nitrogens with zero attached hydrogens (tertiary/aromatic N) is 1. The molecule has 1 aliphatic heterocycles. The van der Waals surface area contributed by atoms with Crippen LogP contribution in [0.5, 0.6) is 0 Å². The molecule has 0 amide bonds. The van der Waals surface area contributed by atoms with Crippen LogP contribution in [0.1, 0.15) is 30.0 Å². The van der Waals surface area contributed by atoms with Crippen molar-refractivity contribution in [1.82, 2.24) is 0 Å². The number of hydrogen-bond donors (Lipinski definition) is 0. The van der Waals surface area contributed by atoms with Crippen molar-refractivity contribution in [3.8, 4) is 0 Å². The molecule has 1 aliphatic rings. The summed E-state index contributed by atoms with van der Waals surface area (Å²) in [4.78, 5) is 4.73. The van der Waals surface area contributed by atoms with Crippen LogP contribution in [-0.2, 0) is 0 Å². The van der Waals surface area contributed by atoms with Crippen LogP contribution >= 0.6 is 11.6 Å². The summed E-state index contributed by atoms with van der Waals surface area (Å²) in [6, 6.07) is 14.5. The Morgan fingerprint density at radius 1 is 1.11 bits per heavy atom. The van der Waals surface area contributed by atoms with E-state index in [4.69, 9.17) is 16.6 Å². The number of aliphatic imine (C=N–C) groups is 1. The Hall–Kier alpha value is -1.67. The van der Waals surface area contributed by atoms with E-state index in [1.54, 1.807) is 0 Å². The first-order chi connectivity index (χ1) is 9.22. The zero-order chi connectivity index (χ0) is 13.2. The Bertz CT molecular complexity index is 619. The average Bonchev–Trinajstić information content (AvgIpc) is 2.89. The average molecular weight is 274 g/mol. The molecule has 1 atom stereocenters. The van der Waals surface area contributed by atoms with Gasteiger partial charge in [-0.1, -0.05) is 35.9 Å². The minimum atomic E-state index is -0.208. The monoisotopic (exact) mass is 273 g/mol. The van der Waals surface area contributed by atoms with Crippen LogP contribution in [0.3, 0.4) is 0 Å². The molecule has 2 aromatic carbocycles. The van der Waals surface area contributed by atoms with Gasteiger partial charge in [0.2, 0.25) is 0 Å². The summed E-state index contributed by atoms with van der Waals surface area (Å²) in [5, 5.41) is 0.727. The summed E-state index contributed by atoms with van der Waals surface area (Å²) in [7, 11) is 0. The molecule has 0 spiro atoms. The lowest BCUT2D eigenvalue weighted by Crippen LogP contribution is -1.94. The molecule has 19 heavy (non-hydrogen) atoms. The van der Waals surface area contributed by atoms with E-state index in [0.29, 0.717) is 0 Å². The fraction of sp³-hybridized carbons (Fsp3) is 0.188. The first-order valence-electron chi connectivity index (χ1n) is 6.30. The van der Waals surface area contributed by atoms with Gasteiger partial charge >= 0.3 is 0 Å². The maximum Gasteiger partial charge on any atom is 0.123 e. The van der Waals surface area contributed by atoms with Crippen molar-refractivity contribution in [2.75, 3.05) is 0 Å². The molecule has 0 aliphatic carbocycles. The van der Waals surface area contributed by atoms with Crippen LogP contribution in [0.15, 0.2) is 53.5 Å². The second-order valence-electron chi connectivity index (χ2n) is 4.69. The lowest BCUT2D eigenvalue weighted by Gasteiger charge is -2.05. The Labute approximate surface area is 116 Å². The van der Waals surface area contributed by atoms with Gasteiger partial charge in [0.25, 0.3) is 0 Å². The smallest absolute Gasteiger partial charge is 0.123 e. The minimum Gasteiger partial charge on any atom is -0.281 e. The highest BCUT2D eigenvalue weighted by Gasteiger charge is 2.20. The molecule has 3 rings (SSSR count). The Morgan fingerprint density at radius 2 is 1.89 bits per heavy atom. The van der Waals surface area contributed by atoms with Crippen molar-refractivity contribution >= 4 is 17.3 Å². The summed E-state index contributed by atoms with van der Waals surface area (Å²) >= 11 is 6.00. The van der Waals surface area contributed by atoms with Gasteiger partial charge in [0.05, 0.1) is 6.04 Å². The molecule has 2 aromatic rings. The van der Waals surface area contributed by atoms with Crippen LogP contribution in [-0.4, -0.2) is 5.71 Å². The van der Waals surface area contributed by atoms with Gasteiger partial charge in [0.15, 0.2) is 0 Å². The molecule has 0 fully saturated rings. The van der Waals surface area contributed by atoms with Crippen molar-refractivity contribution in [3.05, 3.63) is 70.5 Å². The number of halogens is 2. The third kappa shape index (κ3) is 2.69. The highest BCUT2D eigenvalue weighted by Crippen LogP contribution is 2.31. The summed E-state index contributed by atoms with van der Waals surface area (Å²) in [5.74, 6) is -0.208. The van der Waals surface area contributed by atoms with E-state index in [-0.39, 0.29) is 11.9 Å². The molecular formula is C16H13ClFN. The van der Waals surface area contributed by atoms with Gasteiger partial charge in [-0.25, -0.2) is 4.39 Å². The second kappa shape index (κ2) is 5.14. The van der Waals surface area contributed by atoms with Gasteiger partial charge in [0, 0.05) is 10.7 Å². The summed E-state index contributed by atoms with van der Waals surface area (Å²) in [6.07, 6.45) is 1.90. The molecule has 0 saturated heterocycles. The lowest BCUT2D eigenvalue weighted by atomic mass is 10.0. The molecule has 0 saturated carbocycles. The fourth-order valence-electron chi connectivity index (χ4n) is 2.40.